The van der Waals surface area contributed by atoms with Crippen LogP contribution in [0.15, 0.2) is 18.2 Å². The molecule has 1 aliphatic carbocycles. The van der Waals surface area contributed by atoms with Crippen LogP contribution in [0.5, 0.6) is 0 Å². The lowest BCUT2D eigenvalue weighted by atomic mass is 9.64. The molecule has 1 spiro atoms. The van der Waals surface area contributed by atoms with Crippen LogP contribution in [0.2, 0.25) is 0 Å². The Kier molecular flexibility index (Phi) is 4.28. The summed E-state index contributed by atoms with van der Waals surface area (Å²) in [4.78, 5) is 39.2. The van der Waals surface area contributed by atoms with E-state index in [1.54, 1.807) is 0 Å². The number of likely N-dealkylation sites (tertiary alicyclic amines) is 1. The Labute approximate surface area is 161 Å². The minimum absolute atomic E-state index is 0.0271. The van der Waals surface area contributed by atoms with E-state index in [0.717, 1.165) is 11.3 Å². The molecule has 7 nitrogen and oxygen atoms in total. The first-order chi connectivity index (χ1) is 13.3. The molecule has 0 radical (unpaired) electrons. The highest BCUT2D eigenvalue weighted by molar-refractivity contribution is 6.07. The van der Waals surface area contributed by atoms with Crippen molar-refractivity contribution >= 4 is 18.0 Å². The number of hydrogen-bond donors (Lipinski definition) is 2. The number of nitrogens with one attached hydrogen (secondary N) is 2. The largest absolute Gasteiger partial charge is 0.337 e. The van der Waals surface area contributed by atoms with Crippen molar-refractivity contribution in [3.05, 3.63) is 35.4 Å². The fourth-order valence-corrected chi connectivity index (χ4v) is 4.49. The summed E-state index contributed by atoms with van der Waals surface area (Å²) in [5, 5.41) is 5.45. The number of likely N-dealkylation sites (N-methyl/N-ethyl adjacent to an activating group) is 1. The number of urea groups is 2. The van der Waals surface area contributed by atoms with E-state index in [9.17, 15) is 23.2 Å². The van der Waals surface area contributed by atoms with E-state index in [1.165, 1.54) is 30.1 Å². The van der Waals surface area contributed by atoms with Crippen LogP contribution in [-0.4, -0.2) is 60.0 Å². The third-order valence-electron chi connectivity index (χ3n) is 6.30. The van der Waals surface area contributed by atoms with Gasteiger partial charge in [0.25, 0.3) is 5.91 Å². The average molecular weight is 392 g/mol. The quantitative estimate of drug-likeness (QED) is 0.769. The Morgan fingerprint density at radius 2 is 1.89 bits per heavy atom. The van der Waals surface area contributed by atoms with Crippen molar-refractivity contribution < 1.29 is 23.2 Å². The molecule has 2 aliphatic heterocycles. The van der Waals surface area contributed by atoms with Gasteiger partial charge in [0.1, 0.15) is 17.2 Å². The van der Waals surface area contributed by atoms with E-state index in [2.05, 4.69) is 10.6 Å². The van der Waals surface area contributed by atoms with Gasteiger partial charge in [0.15, 0.2) is 0 Å². The van der Waals surface area contributed by atoms with E-state index in [4.69, 9.17) is 0 Å². The molecule has 4 rings (SSSR count). The number of nitrogens with zero attached hydrogens (tertiary/aromatic N) is 2. The Bertz CT molecular complexity index is 837. The highest BCUT2D eigenvalue weighted by Crippen LogP contribution is 2.45. The predicted octanol–water partition coefficient (Wildman–Crippen LogP) is 1.72. The minimum atomic E-state index is -1.07. The van der Waals surface area contributed by atoms with Crippen LogP contribution in [0.25, 0.3) is 0 Å². The molecule has 150 valence electrons. The van der Waals surface area contributed by atoms with Crippen molar-refractivity contribution in [2.75, 3.05) is 26.7 Å². The molecule has 2 N–H and O–H groups in total. The standard InChI is InChI=1S/C19H22F2N4O3/c1-24-15(26)19(23-17(24)28)8-9-25(11-19)16(27)22-10-18(6-3-7-18)14-12(20)4-2-5-13(14)21/h2,4-5H,3,6-11H2,1H3,(H,22,27)(H,23,28)/t19-/m0/s1. The predicted molar refractivity (Wildman–Crippen MR) is 95.5 cm³/mol. The fourth-order valence-electron chi connectivity index (χ4n) is 4.49. The summed E-state index contributed by atoms with van der Waals surface area (Å²) in [6.45, 7) is 0.509. The number of carbonyl (C=O) groups is 3. The zero-order chi connectivity index (χ0) is 20.1. The molecular formula is C19H22F2N4O3. The Morgan fingerprint density at radius 3 is 2.43 bits per heavy atom. The van der Waals surface area contributed by atoms with E-state index >= 15 is 0 Å². The van der Waals surface area contributed by atoms with Gasteiger partial charge in [-0.25, -0.2) is 18.4 Å². The van der Waals surface area contributed by atoms with Gasteiger partial charge < -0.3 is 15.5 Å². The van der Waals surface area contributed by atoms with Crippen LogP contribution < -0.4 is 10.6 Å². The highest BCUT2D eigenvalue weighted by Gasteiger charge is 2.54. The summed E-state index contributed by atoms with van der Waals surface area (Å²) < 4.78 is 28.5. The summed E-state index contributed by atoms with van der Waals surface area (Å²) in [5.41, 5.74) is -1.80. The van der Waals surface area contributed by atoms with Gasteiger partial charge in [-0.05, 0) is 31.4 Å². The van der Waals surface area contributed by atoms with Crippen LogP contribution in [0.4, 0.5) is 18.4 Å². The van der Waals surface area contributed by atoms with Gasteiger partial charge in [-0.3, -0.25) is 9.69 Å². The van der Waals surface area contributed by atoms with Gasteiger partial charge in [0.05, 0.1) is 6.54 Å². The Hall–Kier alpha value is -2.71. The molecule has 9 heteroatoms. The second kappa shape index (κ2) is 6.42. The lowest BCUT2D eigenvalue weighted by Gasteiger charge is -2.43. The zero-order valence-electron chi connectivity index (χ0n) is 15.6. The van der Waals surface area contributed by atoms with Gasteiger partial charge in [-0.1, -0.05) is 12.5 Å². The third-order valence-corrected chi connectivity index (χ3v) is 6.30. The lowest BCUT2D eigenvalue weighted by Crippen LogP contribution is -2.53. The van der Waals surface area contributed by atoms with Crippen molar-refractivity contribution in [2.45, 2.75) is 36.6 Å². The van der Waals surface area contributed by atoms with Crippen LogP contribution in [0.3, 0.4) is 0 Å². The average Bonchev–Trinajstić information content (AvgIpc) is 3.14. The van der Waals surface area contributed by atoms with Crippen molar-refractivity contribution in [3.8, 4) is 0 Å². The molecule has 1 aromatic carbocycles. The second-order valence-electron chi connectivity index (χ2n) is 7.94. The number of benzene rings is 1. The van der Waals surface area contributed by atoms with E-state index < -0.39 is 34.7 Å². The zero-order valence-corrected chi connectivity index (χ0v) is 15.6. The molecule has 1 atom stereocenters. The first-order valence-corrected chi connectivity index (χ1v) is 9.36. The van der Waals surface area contributed by atoms with Crippen LogP contribution in [0, 0.1) is 11.6 Å². The molecular weight excluding hydrogens is 370 g/mol. The van der Waals surface area contributed by atoms with Gasteiger partial charge in [-0.15, -0.1) is 0 Å². The monoisotopic (exact) mass is 392 g/mol. The van der Waals surface area contributed by atoms with Gasteiger partial charge in [-0.2, -0.15) is 0 Å². The summed E-state index contributed by atoms with van der Waals surface area (Å²) in [6.07, 6.45) is 2.36. The molecule has 0 unspecified atom stereocenters. The molecule has 1 saturated carbocycles. The maximum atomic E-state index is 14.3. The number of carbonyl (C=O) groups excluding carboxylic acids is 3. The Morgan fingerprint density at radius 1 is 1.21 bits per heavy atom. The number of imide groups is 1. The first-order valence-electron chi connectivity index (χ1n) is 9.36. The van der Waals surface area contributed by atoms with Crippen LogP contribution in [0.1, 0.15) is 31.2 Å². The molecule has 2 heterocycles. The number of halogens is 2. The van der Waals surface area contributed by atoms with Crippen molar-refractivity contribution in [1.29, 1.82) is 0 Å². The van der Waals surface area contributed by atoms with Crippen LogP contribution >= 0.6 is 0 Å². The maximum Gasteiger partial charge on any atom is 0.324 e. The molecule has 28 heavy (non-hydrogen) atoms. The highest BCUT2D eigenvalue weighted by atomic mass is 19.1. The normalized spacial score (nSPS) is 25.8. The molecule has 3 fully saturated rings. The summed E-state index contributed by atoms with van der Waals surface area (Å²) in [7, 11) is 1.40. The third kappa shape index (κ3) is 2.71. The summed E-state index contributed by atoms with van der Waals surface area (Å²) in [6, 6.07) is 2.91. The fraction of sp³-hybridized carbons (Fsp3) is 0.526. The minimum Gasteiger partial charge on any atom is -0.337 e. The SMILES string of the molecule is CN1C(=O)N[C@]2(CCN(C(=O)NCC3(c4c(F)cccc4F)CCC3)C2)C1=O. The van der Waals surface area contributed by atoms with E-state index in [1.807, 2.05) is 0 Å². The number of amides is 5. The van der Waals surface area contributed by atoms with Crippen molar-refractivity contribution in [2.24, 2.45) is 0 Å². The Balaban J connectivity index is 1.44. The van der Waals surface area contributed by atoms with Crippen LogP contribution in [-0.2, 0) is 10.2 Å². The number of hydrogen-bond acceptors (Lipinski definition) is 3. The molecule has 1 aromatic rings. The smallest absolute Gasteiger partial charge is 0.324 e. The number of rotatable bonds is 3. The molecule has 0 bridgehead atoms. The van der Waals surface area contributed by atoms with Crippen molar-refractivity contribution in [1.82, 2.24) is 20.4 Å². The lowest BCUT2D eigenvalue weighted by molar-refractivity contribution is -0.129. The van der Waals surface area contributed by atoms with Gasteiger partial charge >= 0.3 is 12.1 Å². The van der Waals surface area contributed by atoms with Gasteiger partial charge in [0.2, 0.25) is 0 Å². The topological polar surface area (TPSA) is 81.8 Å². The van der Waals surface area contributed by atoms with Crippen molar-refractivity contribution in [3.63, 3.8) is 0 Å². The summed E-state index contributed by atoms with van der Waals surface area (Å²) in [5.74, 6) is -1.55. The summed E-state index contributed by atoms with van der Waals surface area (Å²) >= 11 is 0. The molecule has 0 aromatic heterocycles. The first kappa shape index (κ1) is 18.6. The van der Waals surface area contributed by atoms with E-state index in [0.29, 0.717) is 25.8 Å². The molecule has 2 saturated heterocycles. The second-order valence-corrected chi connectivity index (χ2v) is 7.94. The molecule has 5 amide bonds. The van der Waals surface area contributed by atoms with Gasteiger partial charge in [0, 0.05) is 31.1 Å². The van der Waals surface area contributed by atoms with E-state index in [-0.39, 0.29) is 24.6 Å². The molecule has 3 aliphatic rings. The maximum absolute atomic E-state index is 14.3.